The van der Waals surface area contributed by atoms with Gasteiger partial charge in [0.1, 0.15) is 12.1 Å². The Labute approximate surface area is 121 Å². The van der Waals surface area contributed by atoms with Crippen molar-refractivity contribution in [1.82, 2.24) is 5.32 Å². The number of carbonyl (C=O) groups is 2. The summed E-state index contributed by atoms with van der Waals surface area (Å²) in [4.78, 5) is 23.8. The quantitative estimate of drug-likeness (QED) is 0.803. The minimum Gasteiger partial charge on any atom is -0.461 e. The molecule has 0 unspecified atom stereocenters. The van der Waals surface area contributed by atoms with E-state index in [1.807, 2.05) is 20.8 Å². The Balaban J connectivity index is 2.43. The van der Waals surface area contributed by atoms with Crippen LogP contribution in [0, 0.1) is 5.41 Å². The highest BCUT2D eigenvalue weighted by molar-refractivity contribution is 5.87. The molecule has 0 aromatic rings. The molecular formula is C15H27NO4. The van der Waals surface area contributed by atoms with Crippen LogP contribution >= 0.6 is 0 Å². The van der Waals surface area contributed by atoms with Gasteiger partial charge in [-0.2, -0.15) is 0 Å². The van der Waals surface area contributed by atoms with Crippen LogP contribution in [-0.4, -0.2) is 37.2 Å². The van der Waals surface area contributed by atoms with Crippen LogP contribution in [0.15, 0.2) is 0 Å². The predicted molar refractivity (Wildman–Crippen MR) is 76.2 cm³/mol. The Bertz CT molecular complexity index is 348. The fraction of sp³-hybridized carbons (Fsp3) is 0.867. The first-order valence-corrected chi connectivity index (χ1v) is 7.28. The number of methoxy groups -OCH3 is 1. The lowest BCUT2D eigenvalue weighted by Crippen LogP contribution is -2.46. The molecule has 0 heterocycles. The summed E-state index contributed by atoms with van der Waals surface area (Å²) in [5.74, 6) is -0.523. The SMILES string of the molecule is CO[C@@H]1CCC[C@@H](OC(=O)[C@@H](C)NC(=O)C(C)(C)C)C1. The summed E-state index contributed by atoms with van der Waals surface area (Å²) in [6.45, 7) is 7.09. The highest BCUT2D eigenvalue weighted by Gasteiger charge is 2.29. The minimum absolute atomic E-state index is 0.102. The largest absolute Gasteiger partial charge is 0.461 e. The number of esters is 1. The molecule has 1 saturated carbocycles. The van der Waals surface area contributed by atoms with E-state index >= 15 is 0 Å². The third-order valence-electron chi connectivity index (χ3n) is 3.58. The first kappa shape index (κ1) is 17.0. The van der Waals surface area contributed by atoms with Crippen molar-refractivity contribution in [2.45, 2.75) is 71.6 Å². The van der Waals surface area contributed by atoms with Crippen LogP contribution in [0.3, 0.4) is 0 Å². The van der Waals surface area contributed by atoms with Crippen LogP contribution in [-0.2, 0) is 19.1 Å². The molecule has 0 bridgehead atoms. The topological polar surface area (TPSA) is 64.6 Å². The van der Waals surface area contributed by atoms with Crippen LogP contribution in [0.25, 0.3) is 0 Å². The van der Waals surface area contributed by atoms with Crippen molar-refractivity contribution in [3.63, 3.8) is 0 Å². The van der Waals surface area contributed by atoms with Gasteiger partial charge < -0.3 is 14.8 Å². The van der Waals surface area contributed by atoms with E-state index in [1.54, 1.807) is 14.0 Å². The number of nitrogens with one attached hydrogen (secondary N) is 1. The van der Waals surface area contributed by atoms with Gasteiger partial charge in [-0.05, 0) is 26.2 Å². The molecule has 5 nitrogen and oxygen atoms in total. The van der Waals surface area contributed by atoms with E-state index in [1.165, 1.54) is 0 Å². The lowest BCUT2D eigenvalue weighted by atomic mass is 9.94. The molecule has 1 aliphatic rings. The molecule has 0 spiro atoms. The van der Waals surface area contributed by atoms with E-state index in [-0.39, 0.29) is 24.1 Å². The van der Waals surface area contributed by atoms with Crippen LogP contribution in [0.5, 0.6) is 0 Å². The highest BCUT2D eigenvalue weighted by Crippen LogP contribution is 2.23. The fourth-order valence-electron chi connectivity index (χ4n) is 2.16. The second-order valence-corrected chi connectivity index (χ2v) is 6.53. The maximum Gasteiger partial charge on any atom is 0.328 e. The van der Waals surface area contributed by atoms with Crippen molar-refractivity contribution >= 4 is 11.9 Å². The lowest BCUT2D eigenvalue weighted by molar-refractivity contribution is -0.156. The van der Waals surface area contributed by atoms with E-state index in [4.69, 9.17) is 9.47 Å². The minimum atomic E-state index is -0.621. The maximum absolute atomic E-state index is 12.0. The number of carbonyl (C=O) groups excluding carboxylic acids is 2. The summed E-state index contributed by atoms with van der Waals surface area (Å²) in [7, 11) is 1.68. The standard InChI is InChI=1S/C15H27NO4/c1-10(16-14(18)15(2,3)4)13(17)20-12-8-6-7-11(9-12)19-5/h10-12H,6-9H2,1-5H3,(H,16,18)/t10-,11-,12-/m1/s1. The van der Waals surface area contributed by atoms with Gasteiger partial charge in [-0.3, -0.25) is 4.79 Å². The normalized spacial score (nSPS) is 24.9. The highest BCUT2D eigenvalue weighted by atomic mass is 16.5. The second kappa shape index (κ2) is 7.07. The van der Waals surface area contributed by atoms with E-state index in [0.717, 1.165) is 25.7 Å². The molecule has 5 heteroatoms. The van der Waals surface area contributed by atoms with Crippen molar-refractivity contribution in [2.24, 2.45) is 5.41 Å². The van der Waals surface area contributed by atoms with Crippen molar-refractivity contribution in [1.29, 1.82) is 0 Å². The summed E-state index contributed by atoms with van der Waals surface area (Å²) < 4.78 is 10.8. The Kier molecular flexibility index (Phi) is 5.99. The molecule has 0 radical (unpaired) electrons. The molecule has 3 atom stereocenters. The summed E-state index contributed by atoms with van der Waals surface area (Å²) in [6, 6.07) is -0.621. The second-order valence-electron chi connectivity index (χ2n) is 6.53. The fourth-order valence-corrected chi connectivity index (χ4v) is 2.16. The number of hydrogen-bond donors (Lipinski definition) is 1. The van der Waals surface area contributed by atoms with Gasteiger partial charge in [-0.15, -0.1) is 0 Å². The summed E-state index contributed by atoms with van der Waals surface area (Å²) in [5.41, 5.74) is -0.513. The molecule has 20 heavy (non-hydrogen) atoms. The van der Waals surface area contributed by atoms with Gasteiger partial charge in [0.05, 0.1) is 6.10 Å². The van der Waals surface area contributed by atoms with Gasteiger partial charge in [0, 0.05) is 18.9 Å². The monoisotopic (exact) mass is 285 g/mol. The van der Waals surface area contributed by atoms with Crippen molar-refractivity contribution in [3.05, 3.63) is 0 Å². The predicted octanol–water partition coefficient (Wildman–Crippen LogP) is 2.04. The molecule has 0 aromatic heterocycles. The van der Waals surface area contributed by atoms with Crippen LogP contribution < -0.4 is 5.32 Å². The zero-order chi connectivity index (χ0) is 15.3. The molecule has 1 N–H and O–H groups in total. The summed E-state index contributed by atoms with van der Waals surface area (Å²) in [6.07, 6.45) is 3.68. The van der Waals surface area contributed by atoms with Gasteiger partial charge in [-0.1, -0.05) is 20.8 Å². The van der Waals surface area contributed by atoms with Gasteiger partial charge in [0.2, 0.25) is 5.91 Å². The average Bonchev–Trinajstić information content (AvgIpc) is 2.37. The first-order valence-electron chi connectivity index (χ1n) is 7.28. The first-order chi connectivity index (χ1) is 9.24. The average molecular weight is 285 g/mol. The van der Waals surface area contributed by atoms with Crippen molar-refractivity contribution in [3.8, 4) is 0 Å². The van der Waals surface area contributed by atoms with Gasteiger partial charge in [0.25, 0.3) is 0 Å². The molecule has 1 aliphatic carbocycles. The number of rotatable bonds is 4. The van der Waals surface area contributed by atoms with Crippen molar-refractivity contribution < 1.29 is 19.1 Å². The molecule has 1 fully saturated rings. The number of ether oxygens (including phenoxy) is 2. The zero-order valence-corrected chi connectivity index (χ0v) is 13.2. The molecule has 0 aliphatic heterocycles. The van der Waals surface area contributed by atoms with Crippen LogP contribution in [0.2, 0.25) is 0 Å². The van der Waals surface area contributed by atoms with Gasteiger partial charge in [0.15, 0.2) is 0 Å². The third kappa shape index (κ3) is 5.12. The van der Waals surface area contributed by atoms with Crippen molar-refractivity contribution in [2.75, 3.05) is 7.11 Å². The zero-order valence-electron chi connectivity index (χ0n) is 13.2. The summed E-state index contributed by atoms with van der Waals surface area (Å²) >= 11 is 0. The van der Waals surface area contributed by atoms with Crippen LogP contribution in [0.4, 0.5) is 0 Å². The maximum atomic E-state index is 12.0. The third-order valence-corrected chi connectivity index (χ3v) is 3.58. The Morgan fingerprint density at radius 1 is 1.20 bits per heavy atom. The van der Waals surface area contributed by atoms with E-state index in [9.17, 15) is 9.59 Å². The smallest absolute Gasteiger partial charge is 0.328 e. The van der Waals surface area contributed by atoms with Gasteiger partial charge >= 0.3 is 5.97 Å². The summed E-state index contributed by atoms with van der Waals surface area (Å²) in [5, 5.41) is 2.69. The molecule has 0 aromatic carbocycles. The number of hydrogen-bond acceptors (Lipinski definition) is 4. The van der Waals surface area contributed by atoms with E-state index in [2.05, 4.69) is 5.32 Å². The Morgan fingerprint density at radius 3 is 2.35 bits per heavy atom. The molecule has 1 amide bonds. The van der Waals surface area contributed by atoms with E-state index < -0.39 is 11.5 Å². The Morgan fingerprint density at radius 2 is 1.80 bits per heavy atom. The Hall–Kier alpha value is -1.10. The van der Waals surface area contributed by atoms with Gasteiger partial charge in [-0.25, -0.2) is 4.79 Å². The number of amides is 1. The lowest BCUT2D eigenvalue weighted by Gasteiger charge is -2.29. The molecule has 1 rings (SSSR count). The molecule has 0 saturated heterocycles. The van der Waals surface area contributed by atoms with E-state index in [0.29, 0.717) is 0 Å². The molecule has 116 valence electrons. The molecular weight excluding hydrogens is 258 g/mol. The van der Waals surface area contributed by atoms with Crippen LogP contribution in [0.1, 0.15) is 53.4 Å².